The van der Waals surface area contributed by atoms with Crippen molar-refractivity contribution in [2.45, 2.75) is 18.6 Å². The second-order valence-electron chi connectivity index (χ2n) is 6.57. The summed E-state index contributed by atoms with van der Waals surface area (Å²) in [7, 11) is 0. The monoisotopic (exact) mass is 406 g/mol. The number of amides is 2. The van der Waals surface area contributed by atoms with E-state index in [0.717, 1.165) is 6.07 Å². The first-order valence-corrected chi connectivity index (χ1v) is 8.92. The van der Waals surface area contributed by atoms with Crippen LogP contribution in [0.4, 0.5) is 10.1 Å². The Labute approximate surface area is 164 Å². The minimum atomic E-state index is -2.20. The van der Waals surface area contributed by atoms with Crippen LogP contribution in [0.5, 0.6) is 11.5 Å². The minimum Gasteiger partial charge on any atom is -0.454 e. The van der Waals surface area contributed by atoms with E-state index < -0.39 is 23.2 Å². The lowest BCUT2D eigenvalue weighted by atomic mass is 10.0. The van der Waals surface area contributed by atoms with Crippen molar-refractivity contribution in [3.8, 4) is 11.5 Å². The third kappa shape index (κ3) is 3.25. The average molecular weight is 407 g/mol. The first kappa shape index (κ1) is 18.5. The fourth-order valence-electron chi connectivity index (χ4n) is 3.26. The van der Waals surface area contributed by atoms with Crippen molar-refractivity contribution in [3.63, 3.8) is 0 Å². The van der Waals surface area contributed by atoms with E-state index in [1.807, 2.05) is 0 Å². The summed E-state index contributed by atoms with van der Waals surface area (Å²) in [5.41, 5.74) is -1.29. The molecule has 1 saturated heterocycles. The molecule has 4 rings (SSSR count). The molecule has 0 bridgehead atoms. The summed E-state index contributed by atoms with van der Waals surface area (Å²) in [6.45, 7) is 0.188. The lowest BCUT2D eigenvalue weighted by molar-refractivity contribution is -0.149. The van der Waals surface area contributed by atoms with E-state index >= 15 is 0 Å². The summed E-state index contributed by atoms with van der Waals surface area (Å²) in [6, 6.07) is 8.79. The molecular weight excluding hydrogens is 391 g/mol. The van der Waals surface area contributed by atoms with E-state index in [1.54, 1.807) is 18.2 Å². The zero-order chi connectivity index (χ0) is 19.9. The number of carbonyl (C=O) groups is 2. The maximum Gasteiger partial charge on any atom is 0.268 e. The number of rotatable bonds is 4. The molecule has 0 saturated carbocycles. The van der Waals surface area contributed by atoms with E-state index in [4.69, 9.17) is 21.1 Å². The predicted molar refractivity (Wildman–Crippen MR) is 97.7 cm³/mol. The number of carbonyl (C=O) groups excluding carboxylic acids is 2. The number of fused-ring (bicyclic) bond motifs is 1. The molecule has 2 heterocycles. The van der Waals surface area contributed by atoms with Crippen molar-refractivity contribution in [2.75, 3.05) is 18.2 Å². The van der Waals surface area contributed by atoms with E-state index in [-0.39, 0.29) is 31.3 Å². The Morgan fingerprint density at radius 1 is 1.25 bits per heavy atom. The van der Waals surface area contributed by atoms with Gasteiger partial charge in [0.1, 0.15) is 5.82 Å². The van der Waals surface area contributed by atoms with Gasteiger partial charge < -0.3 is 24.8 Å². The van der Waals surface area contributed by atoms with Crippen LogP contribution in [-0.4, -0.2) is 35.9 Å². The van der Waals surface area contributed by atoms with Crippen molar-refractivity contribution in [3.05, 3.63) is 52.8 Å². The molecule has 0 unspecified atom stereocenters. The molecule has 0 aromatic heterocycles. The van der Waals surface area contributed by atoms with Crippen molar-refractivity contribution < 1.29 is 28.6 Å². The first-order chi connectivity index (χ1) is 13.4. The Kier molecular flexibility index (Phi) is 4.60. The van der Waals surface area contributed by atoms with Crippen LogP contribution >= 0.6 is 11.6 Å². The molecule has 1 atom stereocenters. The number of hydrogen-bond donors (Lipinski definition) is 2. The summed E-state index contributed by atoms with van der Waals surface area (Å²) in [5, 5.41) is 13.3. The van der Waals surface area contributed by atoms with Crippen molar-refractivity contribution >= 4 is 29.1 Å². The summed E-state index contributed by atoms with van der Waals surface area (Å²) < 4.78 is 23.9. The largest absolute Gasteiger partial charge is 0.454 e. The van der Waals surface area contributed by atoms with Crippen LogP contribution in [0, 0.1) is 5.82 Å². The Balaban J connectivity index is 1.47. The number of halogens is 2. The second-order valence-corrected chi connectivity index (χ2v) is 7.00. The van der Waals surface area contributed by atoms with Gasteiger partial charge in [-0.3, -0.25) is 9.59 Å². The van der Waals surface area contributed by atoms with Gasteiger partial charge in [-0.25, -0.2) is 4.39 Å². The van der Waals surface area contributed by atoms with Crippen molar-refractivity contribution in [1.82, 2.24) is 5.32 Å². The molecule has 2 aromatic rings. The predicted octanol–water partition coefficient (Wildman–Crippen LogP) is 1.99. The van der Waals surface area contributed by atoms with Gasteiger partial charge in [0.15, 0.2) is 11.5 Å². The summed E-state index contributed by atoms with van der Waals surface area (Å²) in [6.07, 6.45) is -0.0734. The standard InChI is InChI=1S/C19H16ClFN2O5/c20-12-5-11(6-13(21)7-12)9-22-17(24)19(26)3-4-23(18(19)25)14-1-2-15-16(8-14)28-10-27-15/h1-2,5-8,26H,3-4,9-10H2,(H,22,24)/t19-/m0/s1. The fourth-order valence-corrected chi connectivity index (χ4v) is 3.50. The van der Waals surface area contributed by atoms with Gasteiger partial charge in [-0.05, 0) is 35.9 Å². The van der Waals surface area contributed by atoms with Crippen LogP contribution in [0.1, 0.15) is 12.0 Å². The van der Waals surface area contributed by atoms with Crippen LogP contribution < -0.4 is 19.7 Å². The van der Waals surface area contributed by atoms with Crippen LogP contribution in [0.3, 0.4) is 0 Å². The Morgan fingerprint density at radius 2 is 2.04 bits per heavy atom. The maximum atomic E-state index is 13.4. The molecule has 7 nitrogen and oxygen atoms in total. The zero-order valence-corrected chi connectivity index (χ0v) is 15.3. The highest BCUT2D eigenvalue weighted by Crippen LogP contribution is 2.37. The van der Waals surface area contributed by atoms with Gasteiger partial charge in [-0.2, -0.15) is 0 Å². The maximum absolute atomic E-state index is 13.4. The van der Waals surface area contributed by atoms with E-state index in [1.165, 1.54) is 17.0 Å². The quantitative estimate of drug-likeness (QED) is 0.758. The van der Waals surface area contributed by atoms with E-state index in [9.17, 15) is 19.1 Å². The number of ether oxygens (including phenoxy) is 2. The molecule has 0 radical (unpaired) electrons. The van der Waals surface area contributed by atoms with Gasteiger partial charge in [0, 0.05) is 36.3 Å². The SMILES string of the molecule is O=C(NCc1cc(F)cc(Cl)c1)[C@@]1(O)CCN(c2ccc3c(c2)OCO3)C1=O. The van der Waals surface area contributed by atoms with Crippen molar-refractivity contribution in [2.24, 2.45) is 0 Å². The number of nitrogens with zero attached hydrogens (tertiary/aromatic N) is 1. The normalized spacial score (nSPS) is 20.5. The van der Waals surface area contributed by atoms with Gasteiger partial charge in [0.25, 0.3) is 11.8 Å². The Hall–Kier alpha value is -2.84. The molecule has 9 heteroatoms. The topological polar surface area (TPSA) is 88.1 Å². The molecule has 2 aliphatic heterocycles. The average Bonchev–Trinajstić information content (AvgIpc) is 3.24. The molecule has 146 valence electrons. The highest BCUT2D eigenvalue weighted by atomic mass is 35.5. The molecule has 1 fully saturated rings. The Morgan fingerprint density at radius 3 is 2.82 bits per heavy atom. The third-order valence-corrected chi connectivity index (χ3v) is 4.93. The zero-order valence-electron chi connectivity index (χ0n) is 14.6. The van der Waals surface area contributed by atoms with Crippen LogP contribution in [0.15, 0.2) is 36.4 Å². The molecule has 0 spiro atoms. The molecule has 2 N–H and O–H groups in total. The molecule has 2 amide bonds. The van der Waals surface area contributed by atoms with E-state index in [2.05, 4.69) is 5.32 Å². The third-order valence-electron chi connectivity index (χ3n) is 4.72. The van der Waals surface area contributed by atoms with Crippen molar-refractivity contribution in [1.29, 1.82) is 0 Å². The van der Waals surface area contributed by atoms with Gasteiger partial charge in [0.2, 0.25) is 12.4 Å². The van der Waals surface area contributed by atoms with Crippen LogP contribution in [0.2, 0.25) is 5.02 Å². The van der Waals surface area contributed by atoms with Gasteiger partial charge in [-0.1, -0.05) is 11.6 Å². The number of anilines is 1. The number of nitrogens with one attached hydrogen (secondary N) is 1. The van der Waals surface area contributed by atoms with Gasteiger partial charge >= 0.3 is 0 Å². The summed E-state index contributed by atoms with van der Waals surface area (Å²) in [4.78, 5) is 26.6. The van der Waals surface area contributed by atoms with E-state index in [0.29, 0.717) is 22.7 Å². The Bertz CT molecular complexity index is 949. The van der Waals surface area contributed by atoms with Gasteiger partial charge in [0.05, 0.1) is 0 Å². The van der Waals surface area contributed by atoms with Gasteiger partial charge in [-0.15, -0.1) is 0 Å². The highest BCUT2D eigenvalue weighted by molar-refractivity contribution is 6.30. The molecule has 2 aliphatic rings. The van der Waals surface area contributed by atoms with Crippen LogP contribution in [-0.2, 0) is 16.1 Å². The summed E-state index contributed by atoms with van der Waals surface area (Å²) >= 11 is 5.79. The number of hydrogen-bond acceptors (Lipinski definition) is 5. The molecule has 2 aromatic carbocycles. The smallest absolute Gasteiger partial charge is 0.268 e. The lowest BCUT2D eigenvalue weighted by Crippen LogP contribution is -2.52. The minimum absolute atomic E-state index is 0.0734. The lowest BCUT2D eigenvalue weighted by Gasteiger charge is -2.22. The number of aliphatic hydroxyl groups is 1. The molecule has 28 heavy (non-hydrogen) atoms. The number of benzene rings is 2. The first-order valence-electron chi connectivity index (χ1n) is 8.54. The van der Waals surface area contributed by atoms with Crippen LogP contribution in [0.25, 0.3) is 0 Å². The second kappa shape index (κ2) is 6.96. The summed E-state index contributed by atoms with van der Waals surface area (Å²) in [5.74, 6) is -1.06. The molecule has 0 aliphatic carbocycles. The highest BCUT2D eigenvalue weighted by Gasteiger charge is 2.51. The molecular formula is C19H16ClFN2O5. The fraction of sp³-hybridized carbons (Fsp3) is 0.263.